The lowest BCUT2D eigenvalue weighted by Gasteiger charge is -2.09. The molecule has 0 aromatic carbocycles. The van der Waals surface area contributed by atoms with E-state index < -0.39 is 0 Å². The van der Waals surface area contributed by atoms with E-state index in [0.29, 0.717) is 26.2 Å². The average Bonchev–Trinajstić information content (AvgIpc) is 2.99. The summed E-state index contributed by atoms with van der Waals surface area (Å²) in [6.45, 7) is 1.95. The minimum Gasteiger partial charge on any atom is -0.356 e. The molecule has 2 rings (SSSR count). The zero-order valence-electron chi connectivity index (χ0n) is 9.69. The maximum atomic E-state index is 11.5. The summed E-state index contributed by atoms with van der Waals surface area (Å²) in [7, 11) is 0. The van der Waals surface area contributed by atoms with Crippen LogP contribution in [-0.4, -0.2) is 32.0 Å². The minimum atomic E-state index is -0.132. The second-order valence-corrected chi connectivity index (χ2v) is 4.92. The number of thiophene rings is 1. The van der Waals surface area contributed by atoms with Crippen molar-refractivity contribution in [2.45, 2.75) is 25.6 Å². The van der Waals surface area contributed by atoms with Gasteiger partial charge in [-0.05, 0) is 17.9 Å². The Bertz CT molecular complexity index is 334. The van der Waals surface area contributed by atoms with Gasteiger partial charge in [0.05, 0.1) is 13.2 Å². The van der Waals surface area contributed by atoms with Crippen LogP contribution in [-0.2, 0) is 20.7 Å². The van der Waals surface area contributed by atoms with Crippen molar-refractivity contribution in [1.82, 2.24) is 5.32 Å². The van der Waals surface area contributed by atoms with Crippen LogP contribution in [0.3, 0.4) is 0 Å². The van der Waals surface area contributed by atoms with E-state index in [9.17, 15) is 4.79 Å². The van der Waals surface area contributed by atoms with Gasteiger partial charge in [-0.1, -0.05) is 6.07 Å². The van der Waals surface area contributed by atoms with E-state index in [1.54, 1.807) is 11.3 Å². The fourth-order valence-electron chi connectivity index (χ4n) is 1.68. The third kappa shape index (κ3) is 4.46. The molecule has 0 bridgehead atoms. The molecule has 2 heterocycles. The second kappa shape index (κ2) is 6.74. The topological polar surface area (TPSA) is 47.6 Å². The fourth-order valence-corrected chi connectivity index (χ4v) is 2.39. The van der Waals surface area contributed by atoms with Crippen LogP contribution in [0.15, 0.2) is 17.5 Å². The summed E-state index contributed by atoms with van der Waals surface area (Å²) in [4.78, 5) is 12.8. The van der Waals surface area contributed by atoms with Gasteiger partial charge in [0, 0.05) is 24.3 Å². The van der Waals surface area contributed by atoms with E-state index >= 15 is 0 Å². The van der Waals surface area contributed by atoms with E-state index in [2.05, 4.69) is 11.4 Å². The first-order valence-electron chi connectivity index (χ1n) is 5.87. The number of carbonyl (C=O) groups is 1. The first kappa shape index (κ1) is 12.5. The van der Waals surface area contributed by atoms with Crippen molar-refractivity contribution >= 4 is 17.2 Å². The minimum absolute atomic E-state index is 0.0939. The Labute approximate surface area is 105 Å². The maximum absolute atomic E-state index is 11.5. The molecule has 1 fully saturated rings. The first-order valence-corrected chi connectivity index (χ1v) is 6.75. The zero-order valence-corrected chi connectivity index (χ0v) is 10.5. The van der Waals surface area contributed by atoms with Gasteiger partial charge in [-0.3, -0.25) is 4.79 Å². The highest BCUT2D eigenvalue weighted by Gasteiger charge is 2.15. The lowest BCUT2D eigenvalue weighted by Crippen LogP contribution is -2.27. The summed E-state index contributed by atoms with van der Waals surface area (Å²) in [5, 5.41) is 4.91. The van der Waals surface area contributed by atoms with Crippen molar-refractivity contribution in [2.75, 3.05) is 19.8 Å². The molecule has 94 valence electrons. The lowest BCUT2D eigenvalue weighted by atomic mass is 10.2. The van der Waals surface area contributed by atoms with E-state index in [1.165, 1.54) is 4.88 Å². The van der Waals surface area contributed by atoms with E-state index in [0.717, 1.165) is 12.8 Å². The molecule has 17 heavy (non-hydrogen) atoms. The van der Waals surface area contributed by atoms with Gasteiger partial charge in [-0.25, -0.2) is 0 Å². The Morgan fingerprint density at radius 1 is 1.47 bits per heavy atom. The summed E-state index contributed by atoms with van der Waals surface area (Å²) in [6.07, 6.45) is 1.96. The third-order valence-corrected chi connectivity index (χ3v) is 3.51. The number of ether oxygens (including phenoxy) is 2. The van der Waals surface area contributed by atoms with Crippen LogP contribution in [0.2, 0.25) is 0 Å². The van der Waals surface area contributed by atoms with E-state index in [4.69, 9.17) is 9.47 Å². The number of aryl methyl sites for hydroxylation is 1. The Hall–Kier alpha value is -0.910. The SMILES string of the molecule is O=C(CCc1cccs1)NCCC1OCCO1. The summed E-state index contributed by atoms with van der Waals surface area (Å²) in [5.74, 6) is 0.0939. The van der Waals surface area contributed by atoms with Crippen molar-refractivity contribution in [1.29, 1.82) is 0 Å². The highest BCUT2D eigenvalue weighted by Crippen LogP contribution is 2.10. The monoisotopic (exact) mass is 255 g/mol. The average molecular weight is 255 g/mol. The Morgan fingerprint density at radius 3 is 3.00 bits per heavy atom. The molecule has 0 saturated carbocycles. The Balaban J connectivity index is 1.54. The highest BCUT2D eigenvalue weighted by molar-refractivity contribution is 7.09. The molecule has 5 heteroatoms. The van der Waals surface area contributed by atoms with Crippen molar-refractivity contribution < 1.29 is 14.3 Å². The van der Waals surface area contributed by atoms with Crippen molar-refractivity contribution in [3.8, 4) is 0 Å². The molecule has 1 aliphatic heterocycles. The number of hydrogen-bond donors (Lipinski definition) is 1. The van der Waals surface area contributed by atoms with Crippen LogP contribution < -0.4 is 5.32 Å². The van der Waals surface area contributed by atoms with Crippen molar-refractivity contribution in [3.63, 3.8) is 0 Å². The van der Waals surface area contributed by atoms with Gasteiger partial charge in [0.15, 0.2) is 6.29 Å². The molecule has 0 unspecified atom stereocenters. The standard InChI is InChI=1S/C12H17NO3S/c14-11(4-3-10-2-1-9-17-10)13-6-5-12-15-7-8-16-12/h1-2,9,12H,3-8H2,(H,13,14). The summed E-state index contributed by atoms with van der Waals surface area (Å²) in [5.41, 5.74) is 0. The lowest BCUT2D eigenvalue weighted by molar-refractivity contribution is -0.121. The number of rotatable bonds is 6. The molecule has 0 spiro atoms. The van der Waals surface area contributed by atoms with Gasteiger partial charge in [0.1, 0.15) is 0 Å². The van der Waals surface area contributed by atoms with E-state index in [-0.39, 0.29) is 12.2 Å². The first-order chi connectivity index (χ1) is 8.34. The number of hydrogen-bond acceptors (Lipinski definition) is 4. The van der Waals surface area contributed by atoms with Crippen molar-refractivity contribution in [2.24, 2.45) is 0 Å². The van der Waals surface area contributed by atoms with Gasteiger partial charge in [0.25, 0.3) is 0 Å². The Kier molecular flexibility index (Phi) is 4.97. The molecule has 4 nitrogen and oxygen atoms in total. The summed E-state index contributed by atoms with van der Waals surface area (Å²) < 4.78 is 10.6. The molecule has 0 atom stereocenters. The largest absolute Gasteiger partial charge is 0.356 e. The molecule has 1 aromatic heterocycles. The van der Waals surface area contributed by atoms with Crippen LogP contribution in [0.25, 0.3) is 0 Å². The van der Waals surface area contributed by atoms with Crippen LogP contribution >= 0.6 is 11.3 Å². The molecule has 1 saturated heterocycles. The molecule has 1 amide bonds. The van der Waals surface area contributed by atoms with E-state index in [1.807, 2.05) is 11.4 Å². The molecular weight excluding hydrogens is 238 g/mol. The molecule has 0 radical (unpaired) electrons. The zero-order chi connectivity index (χ0) is 11.9. The highest BCUT2D eigenvalue weighted by atomic mass is 32.1. The van der Waals surface area contributed by atoms with Gasteiger partial charge in [0.2, 0.25) is 5.91 Å². The molecular formula is C12H17NO3S. The third-order valence-electron chi connectivity index (χ3n) is 2.57. The van der Waals surface area contributed by atoms with Gasteiger partial charge in [-0.15, -0.1) is 11.3 Å². The number of carbonyl (C=O) groups excluding carboxylic acids is 1. The molecule has 1 aromatic rings. The van der Waals surface area contributed by atoms with Gasteiger partial charge in [-0.2, -0.15) is 0 Å². The molecule has 1 aliphatic rings. The van der Waals surface area contributed by atoms with Crippen molar-refractivity contribution in [3.05, 3.63) is 22.4 Å². The maximum Gasteiger partial charge on any atom is 0.220 e. The number of amides is 1. The van der Waals surface area contributed by atoms with Crippen LogP contribution in [0.4, 0.5) is 0 Å². The fraction of sp³-hybridized carbons (Fsp3) is 0.583. The molecule has 1 N–H and O–H groups in total. The second-order valence-electron chi connectivity index (χ2n) is 3.89. The number of nitrogens with one attached hydrogen (secondary N) is 1. The smallest absolute Gasteiger partial charge is 0.220 e. The molecule has 0 aliphatic carbocycles. The summed E-state index contributed by atoms with van der Waals surface area (Å²) >= 11 is 1.69. The quantitative estimate of drug-likeness (QED) is 0.839. The Morgan fingerprint density at radius 2 is 2.29 bits per heavy atom. The summed E-state index contributed by atoms with van der Waals surface area (Å²) in [6, 6.07) is 4.06. The van der Waals surface area contributed by atoms with Gasteiger partial charge < -0.3 is 14.8 Å². The van der Waals surface area contributed by atoms with Crippen LogP contribution in [0.5, 0.6) is 0 Å². The predicted octanol–water partition coefficient (Wildman–Crippen LogP) is 1.56. The van der Waals surface area contributed by atoms with Crippen LogP contribution in [0.1, 0.15) is 17.7 Å². The van der Waals surface area contributed by atoms with Gasteiger partial charge >= 0.3 is 0 Å². The predicted molar refractivity (Wildman–Crippen MR) is 66.0 cm³/mol. The van der Waals surface area contributed by atoms with Crippen LogP contribution in [0, 0.1) is 0 Å². The normalized spacial score (nSPS) is 16.2.